The second-order valence-corrected chi connectivity index (χ2v) is 6.17. The van der Waals surface area contributed by atoms with Crippen molar-refractivity contribution in [3.8, 4) is 6.07 Å². The Morgan fingerprint density at radius 3 is 2.00 bits per heavy atom. The van der Waals surface area contributed by atoms with E-state index in [2.05, 4.69) is 35.8 Å². The SMILES string of the molecule is CC(C)c1ccc(C(=O)C(C#N)c2ccc(Br)cc2)cc1. The van der Waals surface area contributed by atoms with E-state index in [1.54, 1.807) is 24.3 Å². The first-order valence-electron chi connectivity index (χ1n) is 6.82. The van der Waals surface area contributed by atoms with Crippen LogP contribution in [0.2, 0.25) is 0 Å². The second kappa shape index (κ2) is 6.69. The van der Waals surface area contributed by atoms with Crippen LogP contribution in [0.4, 0.5) is 0 Å². The van der Waals surface area contributed by atoms with Crippen LogP contribution in [0.15, 0.2) is 53.0 Å². The highest BCUT2D eigenvalue weighted by Gasteiger charge is 2.21. The maximum Gasteiger partial charge on any atom is 0.184 e. The summed E-state index contributed by atoms with van der Waals surface area (Å²) in [6.45, 7) is 4.22. The minimum Gasteiger partial charge on any atom is -0.292 e. The monoisotopic (exact) mass is 341 g/mol. The maximum atomic E-state index is 12.5. The number of ketones is 1. The molecule has 0 spiro atoms. The Kier molecular flexibility index (Phi) is 4.93. The Hall–Kier alpha value is -1.92. The van der Waals surface area contributed by atoms with Gasteiger partial charge in [0.2, 0.25) is 0 Å². The molecular formula is C18H16BrNO. The van der Waals surface area contributed by atoms with E-state index in [-0.39, 0.29) is 5.78 Å². The standard InChI is InChI=1S/C18H16BrNO/c1-12(2)13-3-5-15(6-4-13)18(21)17(11-20)14-7-9-16(19)10-8-14/h3-10,12,17H,1-2H3. The highest BCUT2D eigenvalue weighted by molar-refractivity contribution is 9.10. The number of nitriles is 1. The van der Waals surface area contributed by atoms with Crippen LogP contribution in [0.5, 0.6) is 0 Å². The molecule has 2 aromatic carbocycles. The Balaban J connectivity index is 2.28. The average molecular weight is 342 g/mol. The number of benzene rings is 2. The minimum atomic E-state index is -0.761. The third-order valence-corrected chi connectivity index (χ3v) is 3.99. The molecule has 2 aromatic rings. The fraction of sp³-hybridized carbons (Fsp3) is 0.222. The van der Waals surface area contributed by atoms with Gasteiger partial charge < -0.3 is 0 Å². The fourth-order valence-electron chi connectivity index (χ4n) is 2.14. The van der Waals surface area contributed by atoms with Gasteiger partial charge in [-0.25, -0.2) is 0 Å². The Labute approximate surface area is 133 Å². The lowest BCUT2D eigenvalue weighted by Crippen LogP contribution is -2.11. The predicted octanol–water partition coefficient (Wildman–Crippen LogP) is 5.06. The molecule has 0 radical (unpaired) electrons. The van der Waals surface area contributed by atoms with E-state index < -0.39 is 5.92 Å². The average Bonchev–Trinajstić information content (AvgIpc) is 2.50. The van der Waals surface area contributed by atoms with E-state index >= 15 is 0 Å². The molecule has 0 saturated carbocycles. The molecule has 0 heterocycles. The summed E-state index contributed by atoms with van der Waals surface area (Å²) in [4.78, 5) is 12.5. The number of Topliss-reactive ketones (excluding diaryl/α,β-unsaturated/α-hetero) is 1. The van der Waals surface area contributed by atoms with E-state index in [1.807, 2.05) is 24.3 Å². The number of nitrogens with zero attached hydrogens (tertiary/aromatic N) is 1. The molecule has 2 nitrogen and oxygen atoms in total. The van der Waals surface area contributed by atoms with Crippen molar-refractivity contribution in [2.45, 2.75) is 25.7 Å². The summed E-state index contributed by atoms with van der Waals surface area (Å²) >= 11 is 3.35. The highest BCUT2D eigenvalue weighted by atomic mass is 79.9. The summed E-state index contributed by atoms with van der Waals surface area (Å²) in [6.07, 6.45) is 0. The zero-order chi connectivity index (χ0) is 15.4. The van der Waals surface area contributed by atoms with E-state index in [1.165, 1.54) is 5.56 Å². The molecule has 21 heavy (non-hydrogen) atoms. The molecule has 3 heteroatoms. The van der Waals surface area contributed by atoms with Gasteiger partial charge in [0.25, 0.3) is 0 Å². The molecule has 0 bridgehead atoms. The first-order chi connectivity index (χ1) is 10.0. The first kappa shape index (κ1) is 15.5. The first-order valence-corrected chi connectivity index (χ1v) is 7.61. The summed E-state index contributed by atoms with van der Waals surface area (Å²) < 4.78 is 0.927. The smallest absolute Gasteiger partial charge is 0.184 e. The summed E-state index contributed by atoms with van der Waals surface area (Å²) in [7, 11) is 0. The topological polar surface area (TPSA) is 40.9 Å². The molecule has 1 atom stereocenters. The predicted molar refractivity (Wildman–Crippen MR) is 87.4 cm³/mol. The molecule has 0 aromatic heterocycles. The van der Waals surface area contributed by atoms with Crippen molar-refractivity contribution in [2.75, 3.05) is 0 Å². The van der Waals surface area contributed by atoms with Crippen molar-refractivity contribution < 1.29 is 4.79 Å². The zero-order valence-corrected chi connectivity index (χ0v) is 13.6. The van der Waals surface area contributed by atoms with Gasteiger partial charge in [-0.3, -0.25) is 4.79 Å². The van der Waals surface area contributed by atoms with Crippen LogP contribution < -0.4 is 0 Å². The summed E-state index contributed by atoms with van der Waals surface area (Å²) in [5, 5.41) is 9.34. The normalized spacial score (nSPS) is 12.0. The van der Waals surface area contributed by atoms with Crippen LogP contribution in [-0.2, 0) is 0 Å². The van der Waals surface area contributed by atoms with Gasteiger partial charge in [-0.1, -0.05) is 66.2 Å². The van der Waals surface area contributed by atoms with E-state index in [0.29, 0.717) is 11.5 Å². The molecule has 0 N–H and O–H groups in total. The third-order valence-electron chi connectivity index (χ3n) is 3.46. The lowest BCUT2D eigenvalue weighted by molar-refractivity contribution is 0.0979. The van der Waals surface area contributed by atoms with Crippen molar-refractivity contribution in [1.82, 2.24) is 0 Å². The Morgan fingerprint density at radius 2 is 1.52 bits per heavy atom. The largest absolute Gasteiger partial charge is 0.292 e. The molecule has 0 aliphatic heterocycles. The van der Waals surface area contributed by atoms with Gasteiger partial charge in [-0.05, 0) is 29.2 Å². The number of carbonyl (C=O) groups excluding carboxylic acids is 1. The lowest BCUT2D eigenvalue weighted by Gasteiger charge is -2.10. The van der Waals surface area contributed by atoms with E-state index in [9.17, 15) is 10.1 Å². The second-order valence-electron chi connectivity index (χ2n) is 5.25. The van der Waals surface area contributed by atoms with Gasteiger partial charge >= 0.3 is 0 Å². The molecule has 0 aliphatic carbocycles. The Morgan fingerprint density at radius 1 is 1.00 bits per heavy atom. The van der Waals surface area contributed by atoms with Crippen molar-refractivity contribution in [3.63, 3.8) is 0 Å². The molecular weight excluding hydrogens is 326 g/mol. The van der Waals surface area contributed by atoms with Gasteiger partial charge in [0.15, 0.2) is 5.78 Å². The van der Waals surface area contributed by atoms with Crippen molar-refractivity contribution in [1.29, 1.82) is 5.26 Å². The van der Waals surface area contributed by atoms with Crippen LogP contribution in [0.25, 0.3) is 0 Å². The van der Waals surface area contributed by atoms with Gasteiger partial charge in [-0.2, -0.15) is 5.26 Å². The van der Waals surface area contributed by atoms with Crippen molar-refractivity contribution in [2.24, 2.45) is 0 Å². The molecule has 2 rings (SSSR count). The van der Waals surface area contributed by atoms with Crippen LogP contribution in [-0.4, -0.2) is 5.78 Å². The number of halogens is 1. The van der Waals surface area contributed by atoms with Gasteiger partial charge in [0.05, 0.1) is 6.07 Å². The highest BCUT2D eigenvalue weighted by Crippen LogP contribution is 2.23. The van der Waals surface area contributed by atoms with Crippen LogP contribution >= 0.6 is 15.9 Å². The molecule has 0 saturated heterocycles. The summed E-state index contributed by atoms with van der Waals surface area (Å²) in [6, 6.07) is 16.9. The third kappa shape index (κ3) is 3.59. The van der Waals surface area contributed by atoms with Gasteiger partial charge in [0.1, 0.15) is 5.92 Å². The number of rotatable bonds is 4. The van der Waals surface area contributed by atoms with Crippen LogP contribution in [0.3, 0.4) is 0 Å². The number of hydrogen-bond acceptors (Lipinski definition) is 2. The van der Waals surface area contributed by atoms with Crippen LogP contribution in [0.1, 0.15) is 47.2 Å². The Bertz CT molecular complexity index is 666. The molecule has 0 fully saturated rings. The van der Waals surface area contributed by atoms with Crippen molar-refractivity contribution >= 4 is 21.7 Å². The van der Waals surface area contributed by atoms with E-state index in [4.69, 9.17) is 0 Å². The van der Waals surface area contributed by atoms with Crippen LogP contribution in [0, 0.1) is 11.3 Å². The van der Waals surface area contributed by atoms with Gasteiger partial charge in [-0.15, -0.1) is 0 Å². The zero-order valence-electron chi connectivity index (χ0n) is 12.0. The molecule has 0 amide bonds. The maximum absolute atomic E-state index is 12.5. The number of carbonyl (C=O) groups is 1. The van der Waals surface area contributed by atoms with Gasteiger partial charge in [0, 0.05) is 10.0 Å². The number of hydrogen-bond donors (Lipinski definition) is 0. The van der Waals surface area contributed by atoms with Crippen molar-refractivity contribution in [3.05, 3.63) is 69.7 Å². The summed E-state index contributed by atoms with van der Waals surface area (Å²) in [5.41, 5.74) is 2.48. The molecule has 1 unspecified atom stereocenters. The lowest BCUT2D eigenvalue weighted by atomic mass is 9.91. The molecule has 106 valence electrons. The van der Waals surface area contributed by atoms with E-state index in [0.717, 1.165) is 10.0 Å². The quantitative estimate of drug-likeness (QED) is 0.729. The fourth-order valence-corrected chi connectivity index (χ4v) is 2.40. The molecule has 0 aliphatic rings. The minimum absolute atomic E-state index is 0.157. The summed E-state index contributed by atoms with van der Waals surface area (Å²) in [5.74, 6) is -0.495.